The molecular formula is C19H21N5. The highest BCUT2D eigenvalue weighted by molar-refractivity contribution is 5.76. The predicted octanol–water partition coefficient (Wildman–Crippen LogP) is 3.10. The number of nitrogens with zero attached hydrogens (tertiary/aromatic N) is 4. The molecule has 5 nitrogen and oxygen atoms in total. The molecule has 24 heavy (non-hydrogen) atoms. The van der Waals surface area contributed by atoms with Crippen molar-refractivity contribution in [1.29, 1.82) is 0 Å². The number of pyridine rings is 3. The summed E-state index contributed by atoms with van der Waals surface area (Å²) in [7, 11) is 0. The summed E-state index contributed by atoms with van der Waals surface area (Å²) in [5.74, 6) is 0.921. The largest absolute Gasteiger partial charge is 0.367 e. The first-order chi connectivity index (χ1) is 11.9. The van der Waals surface area contributed by atoms with Gasteiger partial charge in [-0.3, -0.25) is 9.88 Å². The molecule has 0 atom stereocenters. The fourth-order valence-electron chi connectivity index (χ4n) is 3.20. The Labute approximate surface area is 141 Å². The highest BCUT2D eigenvalue weighted by Crippen LogP contribution is 2.18. The summed E-state index contributed by atoms with van der Waals surface area (Å²) in [5.41, 5.74) is 1.95. The molecule has 3 aromatic heterocycles. The van der Waals surface area contributed by atoms with Gasteiger partial charge in [-0.1, -0.05) is 6.07 Å². The van der Waals surface area contributed by atoms with Crippen molar-refractivity contribution in [3.63, 3.8) is 0 Å². The smallest absolute Gasteiger partial charge is 0.161 e. The topological polar surface area (TPSA) is 53.9 Å². The molecule has 0 spiro atoms. The average Bonchev–Trinajstić information content (AvgIpc) is 2.64. The summed E-state index contributed by atoms with van der Waals surface area (Å²) >= 11 is 0. The van der Waals surface area contributed by atoms with Crippen LogP contribution in [0.2, 0.25) is 0 Å². The quantitative estimate of drug-likeness (QED) is 0.801. The molecule has 3 aromatic rings. The van der Waals surface area contributed by atoms with E-state index in [9.17, 15) is 0 Å². The van der Waals surface area contributed by atoms with Crippen LogP contribution in [0.25, 0.3) is 11.0 Å². The molecule has 0 saturated carbocycles. The summed E-state index contributed by atoms with van der Waals surface area (Å²) < 4.78 is 0. The van der Waals surface area contributed by atoms with Gasteiger partial charge in [0.1, 0.15) is 5.82 Å². The van der Waals surface area contributed by atoms with Gasteiger partial charge in [-0.15, -0.1) is 0 Å². The van der Waals surface area contributed by atoms with Crippen LogP contribution in [-0.4, -0.2) is 39.0 Å². The Hall–Kier alpha value is -2.53. The van der Waals surface area contributed by atoms with Crippen LogP contribution in [0.15, 0.2) is 54.9 Å². The molecule has 1 aliphatic rings. The predicted molar refractivity (Wildman–Crippen MR) is 95.7 cm³/mol. The van der Waals surface area contributed by atoms with E-state index < -0.39 is 0 Å². The van der Waals surface area contributed by atoms with E-state index in [1.54, 1.807) is 6.20 Å². The monoisotopic (exact) mass is 319 g/mol. The van der Waals surface area contributed by atoms with Crippen molar-refractivity contribution < 1.29 is 0 Å². The SMILES string of the molecule is c1ccc(CN2CCC(Nc3ccc4cccnc4n3)CC2)nc1. The number of likely N-dealkylation sites (tertiary alicyclic amines) is 1. The van der Waals surface area contributed by atoms with Gasteiger partial charge in [0.15, 0.2) is 5.65 Å². The van der Waals surface area contributed by atoms with Gasteiger partial charge in [0.2, 0.25) is 0 Å². The van der Waals surface area contributed by atoms with E-state index in [1.165, 1.54) is 0 Å². The Morgan fingerprint density at radius 3 is 2.67 bits per heavy atom. The third-order valence-corrected chi connectivity index (χ3v) is 4.52. The molecule has 4 rings (SSSR count). The molecule has 5 heteroatoms. The number of aromatic nitrogens is 3. The van der Waals surface area contributed by atoms with Gasteiger partial charge in [-0.05, 0) is 49.2 Å². The van der Waals surface area contributed by atoms with Gasteiger partial charge in [-0.2, -0.15) is 0 Å². The molecular weight excluding hydrogens is 298 g/mol. The van der Waals surface area contributed by atoms with Crippen LogP contribution in [0.3, 0.4) is 0 Å². The van der Waals surface area contributed by atoms with Crippen molar-refractivity contribution in [2.24, 2.45) is 0 Å². The Morgan fingerprint density at radius 1 is 0.958 bits per heavy atom. The van der Waals surface area contributed by atoms with E-state index in [-0.39, 0.29) is 0 Å². The van der Waals surface area contributed by atoms with E-state index in [2.05, 4.69) is 43.4 Å². The summed E-state index contributed by atoms with van der Waals surface area (Å²) in [5, 5.41) is 4.64. The normalized spacial score (nSPS) is 16.3. The lowest BCUT2D eigenvalue weighted by atomic mass is 10.0. The van der Waals surface area contributed by atoms with Crippen LogP contribution in [0.1, 0.15) is 18.5 Å². The molecule has 0 aliphatic carbocycles. The number of rotatable bonds is 4. The first-order valence-corrected chi connectivity index (χ1v) is 8.47. The second-order valence-electron chi connectivity index (χ2n) is 6.26. The third kappa shape index (κ3) is 3.51. The van der Waals surface area contributed by atoms with Crippen LogP contribution in [0, 0.1) is 0 Å². The minimum atomic E-state index is 0.471. The summed E-state index contributed by atoms with van der Waals surface area (Å²) in [6.45, 7) is 3.10. The van der Waals surface area contributed by atoms with Crippen molar-refractivity contribution >= 4 is 16.9 Å². The van der Waals surface area contributed by atoms with Gasteiger partial charge in [0.05, 0.1) is 5.69 Å². The van der Waals surface area contributed by atoms with Crippen LogP contribution in [0.4, 0.5) is 5.82 Å². The van der Waals surface area contributed by atoms with E-state index in [4.69, 9.17) is 0 Å². The molecule has 0 aromatic carbocycles. The van der Waals surface area contributed by atoms with Crippen LogP contribution in [0.5, 0.6) is 0 Å². The van der Waals surface area contributed by atoms with Crippen LogP contribution in [-0.2, 0) is 6.54 Å². The molecule has 0 unspecified atom stereocenters. The molecule has 0 radical (unpaired) electrons. The van der Waals surface area contributed by atoms with Crippen molar-refractivity contribution in [1.82, 2.24) is 19.9 Å². The lowest BCUT2D eigenvalue weighted by molar-refractivity contribution is 0.209. The number of nitrogens with one attached hydrogen (secondary N) is 1. The van der Waals surface area contributed by atoms with Crippen molar-refractivity contribution in [3.05, 3.63) is 60.6 Å². The van der Waals surface area contributed by atoms with Gasteiger partial charge in [0, 0.05) is 43.5 Å². The maximum atomic E-state index is 4.61. The molecule has 1 N–H and O–H groups in total. The number of anilines is 1. The minimum Gasteiger partial charge on any atom is -0.367 e. The van der Waals surface area contributed by atoms with Crippen molar-refractivity contribution in [2.45, 2.75) is 25.4 Å². The summed E-state index contributed by atoms with van der Waals surface area (Å²) in [4.78, 5) is 15.8. The zero-order valence-electron chi connectivity index (χ0n) is 13.6. The molecule has 0 bridgehead atoms. The highest BCUT2D eigenvalue weighted by Gasteiger charge is 2.19. The fraction of sp³-hybridized carbons (Fsp3) is 0.316. The maximum Gasteiger partial charge on any atom is 0.161 e. The lowest BCUT2D eigenvalue weighted by Crippen LogP contribution is -2.38. The number of hydrogen-bond acceptors (Lipinski definition) is 5. The van der Waals surface area contributed by atoms with Crippen LogP contribution < -0.4 is 5.32 Å². The van der Waals surface area contributed by atoms with Crippen molar-refractivity contribution in [3.8, 4) is 0 Å². The Kier molecular flexibility index (Phi) is 4.34. The van der Waals surface area contributed by atoms with E-state index in [1.807, 2.05) is 30.5 Å². The van der Waals surface area contributed by atoms with E-state index in [0.717, 1.165) is 55.0 Å². The number of hydrogen-bond donors (Lipinski definition) is 1. The fourth-order valence-corrected chi connectivity index (χ4v) is 3.20. The third-order valence-electron chi connectivity index (χ3n) is 4.52. The minimum absolute atomic E-state index is 0.471. The molecule has 1 aliphatic heterocycles. The van der Waals surface area contributed by atoms with E-state index in [0.29, 0.717) is 6.04 Å². The Bertz CT molecular complexity index is 797. The van der Waals surface area contributed by atoms with Gasteiger partial charge in [0.25, 0.3) is 0 Å². The average molecular weight is 319 g/mol. The van der Waals surface area contributed by atoms with Gasteiger partial charge >= 0.3 is 0 Å². The molecule has 1 fully saturated rings. The Morgan fingerprint density at radius 2 is 1.83 bits per heavy atom. The summed E-state index contributed by atoms with van der Waals surface area (Å²) in [6.07, 6.45) is 5.89. The number of piperidine rings is 1. The second kappa shape index (κ2) is 6.93. The molecule has 4 heterocycles. The first-order valence-electron chi connectivity index (χ1n) is 8.47. The molecule has 122 valence electrons. The van der Waals surface area contributed by atoms with Crippen molar-refractivity contribution in [2.75, 3.05) is 18.4 Å². The van der Waals surface area contributed by atoms with Crippen LogP contribution >= 0.6 is 0 Å². The zero-order valence-corrected chi connectivity index (χ0v) is 13.6. The number of fused-ring (bicyclic) bond motifs is 1. The first kappa shape index (κ1) is 15.0. The summed E-state index contributed by atoms with van der Waals surface area (Å²) in [6, 6.07) is 14.7. The second-order valence-corrected chi connectivity index (χ2v) is 6.26. The Balaban J connectivity index is 1.34. The van der Waals surface area contributed by atoms with E-state index >= 15 is 0 Å². The highest BCUT2D eigenvalue weighted by atomic mass is 15.2. The molecule has 1 saturated heterocycles. The maximum absolute atomic E-state index is 4.61. The molecule has 0 amide bonds. The zero-order chi connectivity index (χ0) is 16.2. The lowest BCUT2D eigenvalue weighted by Gasteiger charge is -2.32. The van der Waals surface area contributed by atoms with Gasteiger partial charge < -0.3 is 5.32 Å². The standard InChI is InChI=1S/C19H21N5/c1-2-10-20-17(5-1)14-24-12-8-16(9-13-24)22-18-7-6-15-4-3-11-21-19(15)23-18/h1-7,10-11,16H,8-9,12-14H2,(H,21,22,23). The van der Waals surface area contributed by atoms with Gasteiger partial charge in [-0.25, -0.2) is 9.97 Å².